The van der Waals surface area contributed by atoms with Crippen LogP contribution in [0.15, 0.2) is 18.3 Å². The summed E-state index contributed by atoms with van der Waals surface area (Å²) in [5, 5.41) is 0. The Morgan fingerprint density at radius 3 is 2.47 bits per heavy atom. The summed E-state index contributed by atoms with van der Waals surface area (Å²) < 4.78 is 10.7. The van der Waals surface area contributed by atoms with Crippen LogP contribution in [-0.2, 0) is 4.65 Å². The zero-order chi connectivity index (χ0) is 13.1. The van der Waals surface area contributed by atoms with Crippen molar-refractivity contribution in [1.82, 2.24) is 4.98 Å². The molecule has 0 amide bonds. The van der Waals surface area contributed by atoms with E-state index >= 15 is 0 Å². The second-order valence-electron chi connectivity index (χ2n) is 4.91. The molecule has 1 aromatic heterocycles. The number of pyridine rings is 1. The number of hydrogen-bond donors (Lipinski definition) is 1. The van der Waals surface area contributed by atoms with Crippen LogP contribution in [0.1, 0.15) is 27.7 Å². The quantitative estimate of drug-likeness (QED) is 0.641. The average Bonchev–Trinajstić information content (AvgIpc) is 2.25. The molecule has 0 aliphatic carbocycles. The Balaban J connectivity index is 2.74. The Kier molecular flexibility index (Phi) is 4.50. The highest BCUT2D eigenvalue weighted by molar-refractivity contribution is 7.81. The molecule has 93 valence electrons. The van der Waals surface area contributed by atoms with Gasteiger partial charge in [-0.3, -0.25) is 0 Å². The molecule has 3 nitrogen and oxygen atoms in total. The van der Waals surface area contributed by atoms with Gasteiger partial charge in [-0.05, 0) is 33.8 Å². The lowest BCUT2D eigenvalue weighted by Gasteiger charge is -2.38. The van der Waals surface area contributed by atoms with Crippen molar-refractivity contribution in [3.8, 4) is 5.88 Å². The molecule has 5 heteroatoms. The van der Waals surface area contributed by atoms with Crippen LogP contribution in [0, 0.1) is 0 Å². The number of aromatic nitrogens is 1. The number of methoxy groups -OCH3 is 1. The van der Waals surface area contributed by atoms with E-state index in [9.17, 15) is 0 Å². The average molecular weight is 252 g/mol. The first-order chi connectivity index (χ1) is 7.78. The number of rotatable bonds is 5. The van der Waals surface area contributed by atoms with Crippen molar-refractivity contribution in [3.63, 3.8) is 0 Å². The van der Waals surface area contributed by atoms with Gasteiger partial charge in [0.05, 0.1) is 12.7 Å². The van der Waals surface area contributed by atoms with Crippen molar-refractivity contribution in [2.45, 2.75) is 38.0 Å². The van der Waals surface area contributed by atoms with E-state index in [1.807, 2.05) is 39.8 Å². The molecule has 0 bridgehead atoms. The standard InChI is InChI=1S/C12H19BNO2S/c1-11(2,12(3,4)17)16-13-9-7-6-8-14-10(9)15-5/h6-8,17H,1-5H3. The summed E-state index contributed by atoms with van der Waals surface area (Å²) in [7, 11) is 3.26. The van der Waals surface area contributed by atoms with E-state index in [1.165, 1.54) is 0 Å². The molecule has 1 heterocycles. The lowest BCUT2D eigenvalue weighted by molar-refractivity contribution is 0.0853. The summed E-state index contributed by atoms with van der Waals surface area (Å²) in [5.74, 6) is 0.556. The summed E-state index contributed by atoms with van der Waals surface area (Å²) in [5.41, 5.74) is 0.428. The van der Waals surface area contributed by atoms with Gasteiger partial charge >= 0.3 is 7.48 Å². The fraction of sp³-hybridized carbons (Fsp3) is 0.583. The zero-order valence-corrected chi connectivity index (χ0v) is 11.9. The summed E-state index contributed by atoms with van der Waals surface area (Å²) in [4.78, 5) is 4.11. The van der Waals surface area contributed by atoms with Gasteiger partial charge in [-0.15, -0.1) is 0 Å². The van der Waals surface area contributed by atoms with Gasteiger partial charge in [0.25, 0.3) is 0 Å². The highest BCUT2D eigenvalue weighted by Gasteiger charge is 2.34. The normalized spacial score (nSPS) is 12.4. The van der Waals surface area contributed by atoms with Crippen molar-refractivity contribution >= 4 is 25.6 Å². The largest absolute Gasteiger partial charge is 0.481 e. The first-order valence-corrected chi connectivity index (χ1v) is 5.95. The van der Waals surface area contributed by atoms with Gasteiger partial charge in [0.1, 0.15) is 0 Å². The maximum Gasteiger partial charge on any atom is 0.336 e. The molecule has 0 unspecified atom stereocenters. The van der Waals surface area contributed by atoms with Crippen molar-refractivity contribution in [2.75, 3.05) is 7.11 Å². The Bertz CT molecular complexity index is 377. The molecular weight excluding hydrogens is 233 g/mol. The molecule has 0 spiro atoms. The Morgan fingerprint density at radius 2 is 1.94 bits per heavy atom. The van der Waals surface area contributed by atoms with Crippen LogP contribution in [-0.4, -0.2) is 29.9 Å². The Hall–Kier alpha value is -0.675. The third kappa shape index (κ3) is 3.64. The Morgan fingerprint density at radius 1 is 1.29 bits per heavy atom. The van der Waals surface area contributed by atoms with Crippen molar-refractivity contribution in [1.29, 1.82) is 0 Å². The Labute approximate surface area is 110 Å². The van der Waals surface area contributed by atoms with Crippen LogP contribution < -0.4 is 10.2 Å². The first-order valence-electron chi connectivity index (χ1n) is 5.50. The molecular formula is C12H19BNO2S. The molecule has 0 saturated carbocycles. The first kappa shape index (κ1) is 14.4. The lowest BCUT2D eigenvalue weighted by Crippen LogP contribution is -2.45. The molecule has 0 aliphatic heterocycles. The van der Waals surface area contributed by atoms with Crippen LogP contribution in [0.4, 0.5) is 0 Å². The topological polar surface area (TPSA) is 31.4 Å². The summed E-state index contributed by atoms with van der Waals surface area (Å²) in [6.07, 6.45) is 1.68. The molecule has 0 fully saturated rings. The number of hydrogen-bond acceptors (Lipinski definition) is 4. The predicted octanol–water partition coefficient (Wildman–Crippen LogP) is 1.84. The van der Waals surface area contributed by atoms with E-state index in [0.717, 1.165) is 5.46 Å². The van der Waals surface area contributed by atoms with Crippen LogP contribution in [0.25, 0.3) is 0 Å². The molecule has 17 heavy (non-hydrogen) atoms. The molecule has 1 aromatic rings. The summed E-state index contributed by atoms with van der Waals surface area (Å²) >= 11 is 4.54. The molecule has 0 aliphatic rings. The monoisotopic (exact) mass is 252 g/mol. The van der Waals surface area contributed by atoms with Crippen molar-refractivity contribution in [2.24, 2.45) is 0 Å². The van der Waals surface area contributed by atoms with Gasteiger partial charge in [0.2, 0.25) is 5.88 Å². The van der Waals surface area contributed by atoms with Crippen LogP contribution in [0.2, 0.25) is 0 Å². The van der Waals surface area contributed by atoms with E-state index in [-0.39, 0.29) is 4.75 Å². The van der Waals surface area contributed by atoms with Gasteiger partial charge in [-0.25, -0.2) is 4.98 Å². The predicted molar refractivity (Wildman–Crippen MR) is 74.4 cm³/mol. The van der Waals surface area contributed by atoms with Crippen molar-refractivity contribution in [3.05, 3.63) is 18.3 Å². The number of thiol groups is 1. The minimum absolute atomic E-state index is 0.251. The molecule has 0 aromatic carbocycles. The second kappa shape index (κ2) is 5.31. The number of nitrogens with zero attached hydrogens (tertiary/aromatic N) is 1. The molecule has 0 atom stereocenters. The van der Waals surface area contributed by atoms with E-state index in [1.54, 1.807) is 20.8 Å². The SMILES string of the molecule is COc1ncccc1[B]OC(C)(C)C(C)(C)S. The minimum atomic E-state index is -0.392. The highest BCUT2D eigenvalue weighted by atomic mass is 32.1. The number of ether oxygens (including phenoxy) is 1. The molecule has 0 saturated heterocycles. The van der Waals surface area contributed by atoms with E-state index < -0.39 is 5.60 Å². The van der Waals surface area contributed by atoms with Gasteiger partial charge < -0.3 is 9.39 Å². The van der Waals surface area contributed by atoms with Crippen LogP contribution in [0.3, 0.4) is 0 Å². The molecule has 1 rings (SSSR count). The van der Waals surface area contributed by atoms with Crippen LogP contribution >= 0.6 is 12.6 Å². The summed E-state index contributed by atoms with van der Waals surface area (Å²) in [6.45, 7) is 8.04. The van der Waals surface area contributed by atoms with E-state index in [0.29, 0.717) is 5.88 Å². The fourth-order valence-corrected chi connectivity index (χ4v) is 1.07. The minimum Gasteiger partial charge on any atom is -0.481 e. The summed E-state index contributed by atoms with van der Waals surface area (Å²) in [6, 6.07) is 3.74. The highest BCUT2D eigenvalue weighted by Crippen LogP contribution is 2.30. The lowest BCUT2D eigenvalue weighted by atomic mass is 9.84. The molecule has 0 N–H and O–H groups in total. The van der Waals surface area contributed by atoms with E-state index in [4.69, 9.17) is 9.39 Å². The maximum atomic E-state index is 5.80. The van der Waals surface area contributed by atoms with Gasteiger partial charge in [-0.2, -0.15) is 12.6 Å². The second-order valence-corrected chi connectivity index (χ2v) is 6.02. The van der Waals surface area contributed by atoms with E-state index in [2.05, 4.69) is 17.6 Å². The fourth-order valence-electron chi connectivity index (χ4n) is 1.02. The zero-order valence-electron chi connectivity index (χ0n) is 11.0. The maximum absolute atomic E-state index is 5.80. The van der Waals surface area contributed by atoms with Crippen LogP contribution in [0.5, 0.6) is 5.88 Å². The van der Waals surface area contributed by atoms with Gasteiger partial charge in [0.15, 0.2) is 0 Å². The third-order valence-electron chi connectivity index (χ3n) is 2.95. The molecule has 1 radical (unpaired) electrons. The van der Waals surface area contributed by atoms with Gasteiger partial charge in [0, 0.05) is 16.4 Å². The smallest absolute Gasteiger partial charge is 0.336 e. The van der Waals surface area contributed by atoms with Gasteiger partial charge in [-0.1, -0.05) is 6.07 Å². The van der Waals surface area contributed by atoms with Crippen molar-refractivity contribution < 1.29 is 9.39 Å². The third-order valence-corrected chi connectivity index (χ3v) is 3.49.